The highest BCUT2D eigenvalue weighted by Crippen LogP contribution is 2.24. The van der Waals surface area contributed by atoms with Gasteiger partial charge in [0.25, 0.3) is 0 Å². The van der Waals surface area contributed by atoms with E-state index in [0.29, 0.717) is 11.4 Å². The predicted octanol–water partition coefficient (Wildman–Crippen LogP) is -1.55. The van der Waals surface area contributed by atoms with Crippen molar-refractivity contribution in [3.8, 4) is 5.75 Å². The molecule has 19 heavy (non-hydrogen) atoms. The molecule has 0 unspecified atom stereocenters. The molecular formula is C12H17NO6. The van der Waals surface area contributed by atoms with E-state index in [1.165, 1.54) is 0 Å². The van der Waals surface area contributed by atoms with E-state index >= 15 is 0 Å². The largest absolute Gasteiger partial charge is 0.462 e. The molecule has 7 nitrogen and oxygen atoms in total. The molecule has 0 radical (unpaired) electrons. The zero-order chi connectivity index (χ0) is 14.0. The molecule has 0 amide bonds. The standard InChI is InChI=1S/C12H17NO6/c13-6-1-3-7(4-2-6)18-12-11(17)10(16)9(15)8(5-14)19-12/h1-4,8-12,14-17H,5,13H2/t8-,9-,10+,11-,12-/m0/s1. The van der Waals surface area contributed by atoms with Gasteiger partial charge in [-0.3, -0.25) is 0 Å². The fourth-order valence-electron chi connectivity index (χ4n) is 1.85. The van der Waals surface area contributed by atoms with Gasteiger partial charge in [0, 0.05) is 5.69 Å². The number of aliphatic hydroxyl groups is 4. The molecular weight excluding hydrogens is 254 g/mol. The average molecular weight is 271 g/mol. The summed E-state index contributed by atoms with van der Waals surface area (Å²) < 4.78 is 10.6. The van der Waals surface area contributed by atoms with Crippen LogP contribution in [0.25, 0.3) is 0 Å². The van der Waals surface area contributed by atoms with Crippen molar-refractivity contribution in [2.45, 2.75) is 30.7 Å². The number of anilines is 1. The van der Waals surface area contributed by atoms with E-state index in [2.05, 4.69) is 0 Å². The Morgan fingerprint density at radius 3 is 2.26 bits per heavy atom. The molecule has 6 N–H and O–H groups in total. The topological polar surface area (TPSA) is 125 Å². The molecule has 0 saturated carbocycles. The molecule has 1 aliphatic rings. The normalized spacial score (nSPS) is 35.1. The summed E-state index contributed by atoms with van der Waals surface area (Å²) in [5.74, 6) is 0.388. The number of hydrogen-bond donors (Lipinski definition) is 5. The molecule has 0 bridgehead atoms. The summed E-state index contributed by atoms with van der Waals surface area (Å²) in [7, 11) is 0. The summed E-state index contributed by atoms with van der Waals surface area (Å²) in [5, 5.41) is 38.0. The highest BCUT2D eigenvalue weighted by atomic mass is 16.7. The van der Waals surface area contributed by atoms with Crippen molar-refractivity contribution in [1.29, 1.82) is 0 Å². The number of nitrogen functional groups attached to an aromatic ring is 1. The Hall–Kier alpha value is -1.38. The first-order valence-corrected chi connectivity index (χ1v) is 5.85. The summed E-state index contributed by atoms with van der Waals surface area (Å²) in [5.41, 5.74) is 6.09. The van der Waals surface area contributed by atoms with Crippen LogP contribution >= 0.6 is 0 Å². The van der Waals surface area contributed by atoms with E-state index in [4.69, 9.17) is 20.3 Å². The monoisotopic (exact) mass is 271 g/mol. The number of nitrogens with two attached hydrogens (primary N) is 1. The SMILES string of the molecule is Nc1ccc(O[C@H]2O[C@@H](CO)[C@H](O)[C@@H](O)[C@@H]2O)cc1. The molecule has 5 atom stereocenters. The van der Waals surface area contributed by atoms with Gasteiger partial charge in [0.05, 0.1) is 6.61 Å². The smallest absolute Gasteiger partial charge is 0.229 e. The van der Waals surface area contributed by atoms with Crippen LogP contribution in [-0.2, 0) is 4.74 Å². The van der Waals surface area contributed by atoms with Crippen molar-refractivity contribution in [2.24, 2.45) is 0 Å². The van der Waals surface area contributed by atoms with Gasteiger partial charge >= 0.3 is 0 Å². The first kappa shape index (κ1) is 14.0. The maximum absolute atomic E-state index is 9.77. The van der Waals surface area contributed by atoms with Gasteiger partial charge in [0.1, 0.15) is 30.2 Å². The van der Waals surface area contributed by atoms with Gasteiger partial charge in [0.15, 0.2) is 0 Å². The van der Waals surface area contributed by atoms with Crippen molar-refractivity contribution in [3.63, 3.8) is 0 Å². The Morgan fingerprint density at radius 1 is 1.05 bits per heavy atom. The summed E-state index contributed by atoms with van der Waals surface area (Å²) in [6.07, 6.45) is -6.44. The predicted molar refractivity (Wildman–Crippen MR) is 65.2 cm³/mol. The fraction of sp³-hybridized carbons (Fsp3) is 0.500. The second kappa shape index (κ2) is 5.72. The molecule has 106 valence electrons. The number of ether oxygens (including phenoxy) is 2. The zero-order valence-electron chi connectivity index (χ0n) is 10.1. The summed E-state index contributed by atoms with van der Waals surface area (Å²) >= 11 is 0. The maximum Gasteiger partial charge on any atom is 0.229 e. The lowest BCUT2D eigenvalue weighted by Gasteiger charge is -2.39. The Balaban J connectivity index is 2.08. The Bertz CT molecular complexity index is 409. The lowest BCUT2D eigenvalue weighted by atomic mass is 9.99. The first-order chi connectivity index (χ1) is 9.02. The van der Waals surface area contributed by atoms with E-state index in [1.807, 2.05) is 0 Å². The van der Waals surface area contributed by atoms with E-state index < -0.39 is 37.3 Å². The minimum Gasteiger partial charge on any atom is -0.462 e. The molecule has 7 heteroatoms. The van der Waals surface area contributed by atoms with Crippen LogP contribution in [-0.4, -0.2) is 57.7 Å². The first-order valence-electron chi connectivity index (χ1n) is 5.85. The highest BCUT2D eigenvalue weighted by Gasteiger charge is 2.44. The van der Waals surface area contributed by atoms with E-state index in [-0.39, 0.29) is 0 Å². The number of aliphatic hydroxyl groups excluding tert-OH is 4. The molecule has 1 aliphatic heterocycles. The van der Waals surface area contributed by atoms with Crippen LogP contribution in [0.5, 0.6) is 5.75 Å². The van der Waals surface area contributed by atoms with Gasteiger partial charge in [-0.05, 0) is 24.3 Å². The molecule has 0 spiro atoms. The second-order valence-electron chi connectivity index (χ2n) is 4.38. The van der Waals surface area contributed by atoms with Crippen molar-refractivity contribution in [3.05, 3.63) is 24.3 Å². The highest BCUT2D eigenvalue weighted by molar-refractivity contribution is 5.41. The molecule has 0 aromatic heterocycles. The van der Waals surface area contributed by atoms with Crippen molar-refractivity contribution in [1.82, 2.24) is 0 Å². The van der Waals surface area contributed by atoms with Crippen LogP contribution in [0, 0.1) is 0 Å². The third-order valence-corrected chi connectivity index (χ3v) is 2.98. The van der Waals surface area contributed by atoms with Gasteiger partial charge in [-0.15, -0.1) is 0 Å². The van der Waals surface area contributed by atoms with E-state index in [0.717, 1.165) is 0 Å². The van der Waals surface area contributed by atoms with Gasteiger partial charge in [-0.1, -0.05) is 0 Å². The minimum absolute atomic E-state index is 0.388. The maximum atomic E-state index is 9.77. The van der Waals surface area contributed by atoms with Crippen LogP contribution in [0.4, 0.5) is 5.69 Å². The summed E-state index contributed by atoms with van der Waals surface area (Å²) in [6.45, 7) is -0.494. The quantitative estimate of drug-likeness (QED) is 0.421. The summed E-state index contributed by atoms with van der Waals surface area (Å²) in [4.78, 5) is 0. The molecule has 2 rings (SSSR count). The third kappa shape index (κ3) is 2.96. The molecule has 1 aromatic rings. The zero-order valence-corrected chi connectivity index (χ0v) is 10.1. The van der Waals surface area contributed by atoms with Gasteiger partial charge in [0.2, 0.25) is 6.29 Å². The van der Waals surface area contributed by atoms with Gasteiger partial charge < -0.3 is 35.6 Å². The number of benzene rings is 1. The molecule has 1 heterocycles. The minimum atomic E-state index is -1.45. The lowest BCUT2D eigenvalue weighted by Crippen LogP contribution is -2.60. The molecule has 0 aliphatic carbocycles. The van der Waals surface area contributed by atoms with Crippen molar-refractivity contribution in [2.75, 3.05) is 12.3 Å². The molecule has 1 fully saturated rings. The Morgan fingerprint density at radius 2 is 1.68 bits per heavy atom. The lowest BCUT2D eigenvalue weighted by molar-refractivity contribution is -0.277. The molecule has 1 saturated heterocycles. The average Bonchev–Trinajstić information content (AvgIpc) is 2.42. The summed E-state index contributed by atoms with van der Waals surface area (Å²) in [6, 6.07) is 6.38. The Labute approximate surface area is 109 Å². The Kier molecular flexibility index (Phi) is 4.23. The van der Waals surface area contributed by atoms with Crippen LogP contribution in [0.1, 0.15) is 0 Å². The number of rotatable bonds is 3. The molecule has 1 aromatic carbocycles. The van der Waals surface area contributed by atoms with E-state index in [9.17, 15) is 15.3 Å². The van der Waals surface area contributed by atoms with Crippen LogP contribution in [0.3, 0.4) is 0 Å². The van der Waals surface area contributed by atoms with Crippen LogP contribution < -0.4 is 10.5 Å². The van der Waals surface area contributed by atoms with Crippen LogP contribution in [0.15, 0.2) is 24.3 Å². The number of hydrogen-bond acceptors (Lipinski definition) is 7. The third-order valence-electron chi connectivity index (χ3n) is 2.98. The van der Waals surface area contributed by atoms with Gasteiger partial charge in [-0.25, -0.2) is 0 Å². The second-order valence-corrected chi connectivity index (χ2v) is 4.38. The van der Waals surface area contributed by atoms with E-state index in [1.54, 1.807) is 24.3 Å². The van der Waals surface area contributed by atoms with Crippen molar-refractivity contribution < 1.29 is 29.9 Å². The fourth-order valence-corrected chi connectivity index (χ4v) is 1.85. The van der Waals surface area contributed by atoms with Gasteiger partial charge in [-0.2, -0.15) is 0 Å². The van der Waals surface area contributed by atoms with Crippen LogP contribution in [0.2, 0.25) is 0 Å². The van der Waals surface area contributed by atoms with Crippen molar-refractivity contribution >= 4 is 5.69 Å².